The van der Waals surface area contributed by atoms with Crippen LogP contribution in [0.4, 0.5) is 13.2 Å². The highest BCUT2D eigenvalue weighted by molar-refractivity contribution is 5.24. The van der Waals surface area contributed by atoms with Crippen molar-refractivity contribution in [1.29, 1.82) is 0 Å². The molecule has 0 aliphatic carbocycles. The molecular formula is C11H16F3NO. The van der Waals surface area contributed by atoms with E-state index in [-0.39, 0.29) is 0 Å². The molecule has 92 valence electrons. The first-order valence-electron chi connectivity index (χ1n) is 5.20. The third-order valence-electron chi connectivity index (χ3n) is 2.34. The third kappa shape index (κ3) is 3.56. The van der Waals surface area contributed by atoms with Gasteiger partial charge in [-0.3, -0.25) is 0 Å². The molecule has 0 saturated carbocycles. The minimum atomic E-state index is -4.18. The molecule has 5 heteroatoms. The Morgan fingerprint density at radius 2 is 2.00 bits per heavy atom. The van der Waals surface area contributed by atoms with Crippen LogP contribution >= 0.6 is 0 Å². The van der Waals surface area contributed by atoms with Crippen molar-refractivity contribution in [3.63, 3.8) is 0 Å². The Labute approximate surface area is 92.8 Å². The minimum absolute atomic E-state index is 0.490. The lowest BCUT2D eigenvalue weighted by Crippen LogP contribution is -2.26. The van der Waals surface area contributed by atoms with Gasteiger partial charge < -0.3 is 9.73 Å². The summed E-state index contributed by atoms with van der Waals surface area (Å²) in [4.78, 5) is 0. The van der Waals surface area contributed by atoms with Crippen molar-refractivity contribution in [3.8, 4) is 0 Å². The van der Waals surface area contributed by atoms with Crippen LogP contribution in [0.25, 0.3) is 0 Å². The summed E-state index contributed by atoms with van der Waals surface area (Å²) in [5, 5.41) is 2.83. The van der Waals surface area contributed by atoms with E-state index in [2.05, 4.69) is 5.32 Å². The van der Waals surface area contributed by atoms with Gasteiger partial charge in [0.2, 0.25) is 0 Å². The summed E-state index contributed by atoms with van der Waals surface area (Å²) in [5.74, 6) is 1.19. The summed E-state index contributed by atoms with van der Waals surface area (Å²) < 4.78 is 42.4. The average Bonchev–Trinajstić information content (AvgIpc) is 2.42. The number of rotatable bonds is 4. The molecule has 1 N–H and O–H groups in total. The van der Waals surface area contributed by atoms with Gasteiger partial charge in [-0.25, -0.2) is 0 Å². The van der Waals surface area contributed by atoms with E-state index < -0.39 is 18.6 Å². The van der Waals surface area contributed by atoms with Gasteiger partial charge >= 0.3 is 6.18 Å². The quantitative estimate of drug-likeness (QED) is 0.864. The van der Waals surface area contributed by atoms with Crippen molar-refractivity contribution in [3.05, 3.63) is 23.2 Å². The van der Waals surface area contributed by atoms with E-state index in [9.17, 15) is 13.2 Å². The van der Waals surface area contributed by atoms with Gasteiger partial charge in [-0.15, -0.1) is 0 Å². The molecule has 0 amide bonds. The monoisotopic (exact) mass is 235 g/mol. The second-order valence-electron chi connectivity index (χ2n) is 3.80. The summed E-state index contributed by atoms with van der Waals surface area (Å²) in [6.45, 7) is 5.69. The second kappa shape index (κ2) is 4.91. The van der Waals surface area contributed by atoms with E-state index in [0.29, 0.717) is 23.6 Å². The number of hydrogen-bond donors (Lipinski definition) is 1. The van der Waals surface area contributed by atoms with E-state index in [0.717, 1.165) is 0 Å². The van der Waals surface area contributed by atoms with Crippen LogP contribution in [0.5, 0.6) is 0 Å². The maximum Gasteiger partial charge on any atom is 0.390 e. The molecule has 2 nitrogen and oxygen atoms in total. The largest absolute Gasteiger partial charge is 0.466 e. The van der Waals surface area contributed by atoms with Crippen molar-refractivity contribution < 1.29 is 17.6 Å². The number of aryl methyl sites for hydroxylation is 2. The van der Waals surface area contributed by atoms with Gasteiger partial charge in [0.25, 0.3) is 0 Å². The topological polar surface area (TPSA) is 25.2 Å². The maximum absolute atomic E-state index is 12.4. The van der Waals surface area contributed by atoms with Gasteiger partial charge in [-0.1, -0.05) is 6.92 Å². The van der Waals surface area contributed by atoms with Crippen LogP contribution in [0.15, 0.2) is 10.5 Å². The van der Waals surface area contributed by atoms with Crippen molar-refractivity contribution in [2.75, 3.05) is 6.54 Å². The van der Waals surface area contributed by atoms with Crippen molar-refractivity contribution in [2.45, 2.75) is 39.4 Å². The van der Waals surface area contributed by atoms with Gasteiger partial charge in [0.15, 0.2) is 0 Å². The molecule has 0 saturated heterocycles. The number of alkyl halides is 3. The summed E-state index contributed by atoms with van der Waals surface area (Å²) in [6, 6.07) is 0.941. The molecule has 1 atom stereocenters. The maximum atomic E-state index is 12.4. The smallest absolute Gasteiger partial charge is 0.390 e. The predicted octanol–water partition coefficient (Wildman–Crippen LogP) is 3.50. The van der Waals surface area contributed by atoms with E-state index in [1.165, 1.54) is 0 Å². The van der Waals surface area contributed by atoms with Crippen LogP contribution in [-0.4, -0.2) is 12.7 Å². The van der Waals surface area contributed by atoms with Crippen molar-refractivity contribution >= 4 is 0 Å². The Bertz CT molecular complexity index is 343. The fraction of sp³-hybridized carbons (Fsp3) is 0.636. The zero-order valence-corrected chi connectivity index (χ0v) is 9.61. The highest BCUT2D eigenvalue weighted by Gasteiger charge is 2.33. The zero-order valence-electron chi connectivity index (χ0n) is 9.61. The summed E-state index contributed by atoms with van der Waals surface area (Å²) in [5.41, 5.74) is 0.594. The molecule has 1 heterocycles. The van der Waals surface area contributed by atoms with Gasteiger partial charge in [0, 0.05) is 11.6 Å². The van der Waals surface area contributed by atoms with Gasteiger partial charge in [0.05, 0.1) is 6.42 Å². The van der Waals surface area contributed by atoms with Gasteiger partial charge in [0.1, 0.15) is 11.5 Å². The first kappa shape index (κ1) is 13.1. The highest BCUT2D eigenvalue weighted by atomic mass is 19.4. The number of nitrogens with one attached hydrogen (secondary N) is 1. The Hall–Kier alpha value is -0.970. The number of hydrogen-bond acceptors (Lipinski definition) is 2. The number of furan rings is 1. The van der Waals surface area contributed by atoms with Crippen LogP contribution in [0.3, 0.4) is 0 Å². The normalized spacial score (nSPS) is 14.1. The van der Waals surface area contributed by atoms with E-state index >= 15 is 0 Å². The summed E-state index contributed by atoms with van der Waals surface area (Å²) in [6.07, 6.45) is -5.05. The van der Waals surface area contributed by atoms with Gasteiger partial charge in [-0.05, 0) is 26.5 Å². The van der Waals surface area contributed by atoms with E-state index in [1.807, 2.05) is 0 Å². The van der Waals surface area contributed by atoms with Crippen LogP contribution in [0.1, 0.15) is 36.5 Å². The van der Waals surface area contributed by atoms with Crippen LogP contribution in [0, 0.1) is 13.8 Å². The molecule has 0 aliphatic heterocycles. The lowest BCUT2D eigenvalue weighted by atomic mass is 10.0. The second-order valence-corrected chi connectivity index (χ2v) is 3.80. The Kier molecular flexibility index (Phi) is 4.02. The Balaban J connectivity index is 2.89. The standard InChI is InChI=1S/C11H16F3NO/c1-4-15-10(6-11(12,13)14)9-5-7(2)16-8(9)3/h5,10,15H,4,6H2,1-3H3. The SMILES string of the molecule is CCNC(CC(F)(F)F)c1cc(C)oc1C. The Morgan fingerprint density at radius 1 is 1.38 bits per heavy atom. The molecule has 0 spiro atoms. The molecule has 0 aliphatic rings. The molecule has 1 unspecified atom stereocenters. The van der Waals surface area contributed by atoms with Gasteiger partial charge in [-0.2, -0.15) is 13.2 Å². The molecule has 0 fully saturated rings. The van der Waals surface area contributed by atoms with E-state index in [1.54, 1.807) is 26.8 Å². The van der Waals surface area contributed by atoms with Crippen LogP contribution in [0.2, 0.25) is 0 Å². The fourth-order valence-corrected chi connectivity index (χ4v) is 1.77. The average molecular weight is 235 g/mol. The molecule has 16 heavy (non-hydrogen) atoms. The minimum Gasteiger partial charge on any atom is -0.466 e. The summed E-state index contributed by atoms with van der Waals surface area (Å²) in [7, 11) is 0. The van der Waals surface area contributed by atoms with E-state index in [4.69, 9.17) is 4.42 Å². The lowest BCUT2D eigenvalue weighted by molar-refractivity contribution is -0.140. The first-order valence-corrected chi connectivity index (χ1v) is 5.20. The van der Waals surface area contributed by atoms with Crippen LogP contribution in [-0.2, 0) is 0 Å². The summed E-state index contributed by atoms with van der Waals surface area (Å²) >= 11 is 0. The highest BCUT2D eigenvalue weighted by Crippen LogP contribution is 2.32. The van der Waals surface area contributed by atoms with Crippen molar-refractivity contribution in [1.82, 2.24) is 5.32 Å². The third-order valence-corrected chi connectivity index (χ3v) is 2.34. The predicted molar refractivity (Wildman–Crippen MR) is 55.3 cm³/mol. The zero-order chi connectivity index (χ0) is 12.3. The Morgan fingerprint density at radius 3 is 2.38 bits per heavy atom. The molecular weight excluding hydrogens is 219 g/mol. The molecule has 0 aromatic carbocycles. The van der Waals surface area contributed by atoms with Crippen LogP contribution < -0.4 is 5.32 Å². The molecule has 0 bridgehead atoms. The molecule has 0 radical (unpaired) electrons. The lowest BCUT2D eigenvalue weighted by Gasteiger charge is -2.18. The fourth-order valence-electron chi connectivity index (χ4n) is 1.77. The molecule has 1 rings (SSSR count). The molecule has 1 aromatic rings. The number of halogens is 3. The molecule has 1 aromatic heterocycles. The first-order chi connectivity index (χ1) is 7.33. The van der Waals surface area contributed by atoms with Crippen molar-refractivity contribution in [2.24, 2.45) is 0 Å².